The maximum atomic E-state index is 13.0. The minimum Gasteiger partial charge on any atom is -0.344 e. The number of halogens is 6. The SMILES string of the molecule is CC(NC(=O)c1cc(C(F)(F)F)cc(C(F)(F)F)c1)c1nccnc1-c1nccs1. The molecule has 30 heavy (non-hydrogen) atoms. The Bertz CT molecular complexity index is 1020. The second kappa shape index (κ2) is 8.01. The zero-order valence-corrected chi connectivity index (χ0v) is 15.9. The molecule has 0 saturated carbocycles. The molecule has 0 saturated heterocycles. The topological polar surface area (TPSA) is 67.8 Å². The summed E-state index contributed by atoms with van der Waals surface area (Å²) in [5.41, 5.74) is -3.30. The van der Waals surface area contributed by atoms with Crippen LogP contribution in [-0.4, -0.2) is 20.9 Å². The van der Waals surface area contributed by atoms with Gasteiger partial charge in [-0.1, -0.05) is 0 Å². The van der Waals surface area contributed by atoms with Crippen LogP contribution in [0.25, 0.3) is 10.7 Å². The van der Waals surface area contributed by atoms with Gasteiger partial charge in [0.05, 0.1) is 22.9 Å². The van der Waals surface area contributed by atoms with Gasteiger partial charge in [-0.3, -0.25) is 14.8 Å². The van der Waals surface area contributed by atoms with Crippen molar-refractivity contribution in [2.75, 3.05) is 0 Å². The van der Waals surface area contributed by atoms with Gasteiger partial charge in [0.2, 0.25) is 0 Å². The van der Waals surface area contributed by atoms with E-state index in [9.17, 15) is 31.1 Å². The normalized spacial score (nSPS) is 13.2. The molecule has 158 valence electrons. The van der Waals surface area contributed by atoms with Crippen molar-refractivity contribution in [2.45, 2.75) is 25.3 Å². The molecule has 3 rings (SSSR count). The predicted molar refractivity (Wildman–Crippen MR) is 95.5 cm³/mol. The largest absolute Gasteiger partial charge is 0.416 e. The van der Waals surface area contributed by atoms with Gasteiger partial charge in [-0.05, 0) is 25.1 Å². The smallest absolute Gasteiger partial charge is 0.344 e. The van der Waals surface area contributed by atoms with Crippen molar-refractivity contribution in [2.24, 2.45) is 0 Å². The number of alkyl halides is 6. The summed E-state index contributed by atoms with van der Waals surface area (Å²) in [6, 6.07) is -0.163. The first-order valence-corrected chi connectivity index (χ1v) is 9.16. The summed E-state index contributed by atoms with van der Waals surface area (Å²) in [7, 11) is 0. The molecule has 3 aromatic rings. The van der Waals surface area contributed by atoms with E-state index in [-0.39, 0.29) is 11.8 Å². The van der Waals surface area contributed by atoms with E-state index >= 15 is 0 Å². The molecule has 1 amide bonds. The lowest BCUT2D eigenvalue weighted by atomic mass is 10.0. The third-order valence-electron chi connectivity index (χ3n) is 3.97. The van der Waals surface area contributed by atoms with E-state index in [0.717, 1.165) is 0 Å². The standard InChI is InChI=1S/C18H12F6N4OS/c1-9(13-14(26-3-2-25-13)16-27-4-5-30-16)28-15(29)10-6-11(17(19,20)21)8-12(7-10)18(22,23)24/h2-9H,1H3,(H,28,29). The van der Waals surface area contributed by atoms with Crippen LogP contribution in [0.3, 0.4) is 0 Å². The highest BCUT2D eigenvalue weighted by Crippen LogP contribution is 2.36. The van der Waals surface area contributed by atoms with Gasteiger partial charge in [0.1, 0.15) is 10.7 Å². The van der Waals surface area contributed by atoms with Crippen LogP contribution in [0.15, 0.2) is 42.2 Å². The van der Waals surface area contributed by atoms with Crippen LogP contribution < -0.4 is 5.32 Å². The lowest BCUT2D eigenvalue weighted by Gasteiger charge is -2.17. The lowest BCUT2D eigenvalue weighted by molar-refractivity contribution is -0.143. The van der Waals surface area contributed by atoms with E-state index in [0.29, 0.717) is 22.8 Å². The van der Waals surface area contributed by atoms with Gasteiger partial charge < -0.3 is 5.32 Å². The Morgan fingerprint density at radius 2 is 1.53 bits per heavy atom. The molecule has 1 unspecified atom stereocenters. The zero-order chi connectivity index (χ0) is 22.1. The fourth-order valence-electron chi connectivity index (χ4n) is 2.61. The molecule has 2 aromatic heterocycles. The van der Waals surface area contributed by atoms with Crippen LogP contribution in [-0.2, 0) is 12.4 Å². The maximum absolute atomic E-state index is 13.0. The average molecular weight is 446 g/mol. The summed E-state index contributed by atoms with van der Waals surface area (Å²) in [6.45, 7) is 1.48. The van der Waals surface area contributed by atoms with Crippen LogP contribution in [0, 0.1) is 0 Å². The van der Waals surface area contributed by atoms with E-state index in [1.54, 1.807) is 5.38 Å². The van der Waals surface area contributed by atoms with Crippen molar-refractivity contribution < 1.29 is 31.1 Å². The van der Waals surface area contributed by atoms with E-state index in [1.807, 2.05) is 0 Å². The summed E-state index contributed by atoms with van der Waals surface area (Å²) in [6.07, 6.45) is -5.82. The number of thiazole rings is 1. The van der Waals surface area contributed by atoms with Crippen LogP contribution in [0.4, 0.5) is 26.3 Å². The van der Waals surface area contributed by atoms with Crippen molar-refractivity contribution in [3.05, 3.63) is 64.6 Å². The van der Waals surface area contributed by atoms with E-state index in [4.69, 9.17) is 0 Å². The number of amides is 1. The van der Waals surface area contributed by atoms with Gasteiger partial charge in [-0.25, -0.2) is 4.98 Å². The molecule has 1 atom stereocenters. The van der Waals surface area contributed by atoms with Crippen LogP contribution in [0.2, 0.25) is 0 Å². The van der Waals surface area contributed by atoms with E-state index < -0.39 is 41.0 Å². The number of nitrogens with zero attached hydrogens (tertiary/aromatic N) is 3. The summed E-state index contributed by atoms with van der Waals surface area (Å²) in [5, 5.41) is 4.56. The molecule has 1 aromatic carbocycles. The highest BCUT2D eigenvalue weighted by atomic mass is 32.1. The lowest BCUT2D eigenvalue weighted by Crippen LogP contribution is -2.28. The molecule has 2 heterocycles. The molecule has 0 bridgehead atoms. The summed E-state index contributed by atoms with van der Waals surface area (Å²) < 4.78 is 78.1. The van der Waals surface area contributed by atoms with Crippen LogP contribution in [0.5, 0.6) is 0 Å². The first-order valence-electron chi connectivity index (χ1n) is 8.28. The second-order valence-corrected chi connectivity index (χ2v) is 7.01. The Hall–Kier alpha value is -3.02. The van der Waals surface area contributed by atoms with Crippen molar-refractivity contribution in [1.29, 1.82) is 0 Å². The minimum absolute atomic E-state index is 0.0382. The summed E-state index contributed by atoms with van der Waals surface area (Å²) >= 11 is 1.26. The predicted octanol–water partition coefficient (Wildman–Crippen LogP) is 5.13. The Morgan fingerprint density at radius 1 is 0.933 bits per heavy atom. The van der Waals surface area contributed by atoms with E-state index in [2.05, 4.69) is 20.3 Å². The quantitative estimate of drug-likeness (QED) is 0.565. The Labute approximate surface area is 169 Å². The van der Waals surface area contributed by atoms with Gasteiger partial charge in [0.15, 0.2) is 0 Å². The van der Waals surface area contributed by atoms with Crippen LogP contribution in [0.1, 0.15) is 40.1 Å². The third kappa shape index (κ3) is 4.75. The van der Waals surface area contributed by atoms with Gasteiger partial charge >= 0.3 is 12.4 Å². The number of nitrogens with one attached hydrogen (secondary N) is 1. The van der Waals surface area contributed by atoms with Gasteiger partial charge in [0, 0.05) is 29.5 Å². The third-order valence-corrected chi connectivity index (χ3v) is 4.75. The fourth-order valence-corrected chi connectivity index (χ4v) is 3.25. The Balaban J connectivity index is 1.93. The van der Waals surface area contributed by atoms with Crippen molar-refractivity contribution in [3.8, 4) is 10.7 Å². The fraction of sp³-hybridized carbons (Fsp3) is 0.222. The molecule has 0 aliphatic carbocycles. The van der Waals surface area contributed by atoms with Crippen molar-refractivity contribution in [3.63, 3.8) is 0 Å². The molecule has 1 N–H and O–H groups in total. The molecule has 0 fully saturated rings. The summed E-state index contributed by atoms with van der Waals surface area (Å²) in [4.78, 5) is 24.9. The minimum atomic E-state index is -5.05. The van der Waals surface area contributed by atoms with Crippen LogP contribution >= 0.6 is 11.3 Å². The zero-order valence-electron chi connectivity index (χ0n) is 15.0. The van der Waals surface area contributed by atoms with Gasteiger partial charge in [-0.15, -0.1) is 11.3 Å². The first kappa shape index (κ1) is 21.7. The Morgan fingerprint density at radius 3 is 2.07 bits per heavy atom. The maximum Gasteiger partial charge on any atom is 0.416 e. The van der Waals surface area contributed by atoms with E-state index in [1.165, 1.54) is 36.9 Å². The van der Waals surface area contributed by atoms with Crippen molar-refractivity contribution in [1.82, 2.24) is 20.3 Å². The van der Waals surface area contributed by atoms with Gasteiger partial charge in [0.25, 0.3) is 5.91 Å². The number of carbonyl (C=O) groups excluding carboxylic acids is 1. The second-order valence-electron chi connectivity index (χ2n) is 6.12. The highest BCUT2D eigenvalue weighted by molar-refractivity contribution is 7.13. The molecule has 0 aliphatic heterocycles. The monoisotopic (exact) mass is 446 g/mol. The van der Waals surface area contributed by atoms with Gasteiger partial charge in [-0.2, -0.15) is 26.3 Å². The number of aromatic nitrogens is 3. The average Bonchev–Trinajstić information content (AvgIpc) is 3.21. The highest BCUT2D eigenvalue weighted by Gasteiger charge is 2.37. The molecule has 12 heteroatoms. The molecule has 0 aliphatic rings. The number of rotatable bonds is 4. The molecule has 0 spiro atoms. The summed E-state index contributed by atoms with van der Waals surface area (Å²) in [5.74, 6) is -1.12. The molecular weight excluding hydrogens is 434 g/mol. The number of hydrogen-bond donors (Lipinski definition) is 1. The number of hydrogen-bond acceptors (Lipinski definition) is 5. The first-order chi connectivity index (χ1) is 14.0. The molecule has 0 radical (unpaired) electrons. The number of carbonyl (C=O) groups is 1. The molecular formula is C18H12F6N4OS. The number of benzene rings is 1. The van der Waals surface area contributed by atoms with Crippen molar-refractivity contribution >= 4 is 17.2 Å². The molecule has 5 nitrogen and oxygen atoms in total. The Kier molecular flexibility index (Phi) is 5.79.